The van der Waals surface area contributed by atoms with Gasteiger partial charge in [-0.15, -0.1) is 0 Å². The van der Waals surface area contributed by atoms with Gasteiger partial charge in [0.2, 0.25) is 0 Å². The highest BCUT2D eigenvalue weighted by Crippen LogP contribution is 2.15. The molecule has 0 atom stereocenters. The van der Waals surface area contributed by atoms with Crippen LogP contribution in [0.2, 0.25) is 0 Å². The summed E-state index contributed by atoms with van der Waals surface area (Å²) < 4.78 is 7.86. The summed E-state index contributed by atoms with van der Waals surface area (Å²) in [5, 5.41) is 11.4. The smallest absolute Gasteiger partial charge is 0.195 e. The first-order valence-corrected chi connectivity index (χ1v) is 7.89. The van der Waals surface area contributed by atoms with Crippen LogP contribution < -0.4 is 4.74 Å². The van der Waals surface area contributed by atoms with Crippen LogP contribution in [0, 0.1) is 4.77 Å². The molecule has 0 saturated carbocycles. The fraction of sp³-hybridized carbons (Fsp3) is 0.200. The maximum atomic E-state index is 5.34. The van der Waals surface area contributed by atoms with Gasteiger partial charge in [-0.2, -0.15) is 16.4 Å². The van der Waals surface area contributed by atoms with Gasteiger partial charge in [0, 0.05) is 6.42 Å². The molecule has 0 saturated heterocycles. The van der Waals surface area contributed by atoms with Crippen molar-refractivity contribution >= 4 is 23.6 Å². The topological polar surface area (TPSA) is 42.8 Å². The molecular weight excluding hydrogens is 302 g/mol. The fourth-order valence-corrected chi connectivity index (χ4v) is 3.02. The second kappa shape index (κ2) is 6.24. The first kappa shape index (κ1) is 14.0. The van der Waals surface area contributed by atoms with Crippen molar-refractivity contribution in [3.63, 3.8) is 0 Å². The lowest BCUT2D eigenvalue weighted by molar-refractivity contribution is 0.414. The monoisotopic (exact) mass is 317 g/mol. The van der Waals surface area contributed by atoms with E-state index in [1.807, 2.05) is 28.8 Å². The number of benzene rings is 1. The number of nitrogens with one attached hydrogen (secondary N) is 1. The molecule has 0 amide bonds. The Balaban J connectivity index is 1.84. The Labute approximate surface area is 132 Å². The van der Waals surface area contributed by atoms with Crippen LogP contribution in [0.5, 0.6) is 5.75 Å². The summed E-state index contributed by atoms with van der Waals surface area (Å²) in [7, 11) is 1.67. The Hall–Kier alpha value is -1.92. The van der Waals surface area contributed by atoms with E-state index in [1.165, 1.54) is 11.1 Å². The minimum Gasteiger partial charge on any atom is -0.497 e. The molecule has 3 aromatic rings. The zero-order chi connectivity index (χ0) is 14.7. The van der Waals surface area contributed by atoms with Crippen LogP contribution in [0.15, 0.2) is 41.1 Å². The number of aromatic nitrogens is 3. The maximum Gasteiger partial charge on any atom is 0.195 e. The molecule has 0 aliphatic rings. The predicted octanol–water partition coefficient (Wildman–Crippen LogP) is 3.65. The number of hydrogen-bond donors (Lipinski definition) is 1. The highest BCUT2D eigenvalue weighted by atomic mass is 32.1. The zero-order valence-corrected chi connectivity index (χ0v) is 13.2. The summed E-state index contributed by atoms with van der Waals surface area (Å²) in [6.45, 7) is 0.707. The van der Waals surface area contributed by atoms with E-state index in [0.29, 0.717) is 11.3 Å². The first-order chi connectivity index (χ1) is 10.3. The highest BCUT2D eigenvalue weighted by Gasteiger charge is 2.08. The molecule has 0 fully saturated rings. The summed E-state index contributed by atoms with van der Waals surface area (Å²) in [5.41, 5.74) is 2.42. The number of rotatable bonds is 5. The van der Waals surface area contributed by atoms with Gasteiger partial charge in [-0.05, 0) is 52.3 Å². The second-order valence-corrected chi connectivity index (χ2v) is 5.85. The molecule has 6 heteroatoms. The molecule has 0 spiro atoms. The van der Waals surface area contributed by atoms with Crippen LogP contribution in [-0.4, -0.2) is 21.9 Å². The first-order valence-electron chi connectivity index (χ1n) is 6.54. The summed E-state index contributed by atoms with van der Waals surface area (Å²) in [4.78, 5) is 0. The van der Waals surface area contributed by atoms with E-state index in [1.54, 1.807) is 18.4 Å². The Bertz CT molecular complexity index is 757. The van der Waals surface area contributed by atoms with Gasteiger partial charge in [0.1, 0.15) is 11.6 Å². The van der Waals surface area contributed by atoms with Gasteiger partial charge in [-0.1, -0.05) is 12.1 Å². The van der Waals surface area contributed by atoms with E-state index >= 15 is 0 Å². The van der Waals surface area contributed by atoms with Crippen molar-refractivity contribution in [1.29, 1.82) is 0 Å². The lowest BCUT2D eigenvalue weighted by atomic mass is 10.2. The third-order valence-electron chi connectivity index (χ3n) is 3.28. The van der Waals surface area contributed by atoms with E-state index in [2.05, 4.69) is 27.0 Å². The Morgan fingerprint density at radius 3 is 2.71 bits per heavy atom. The molecule has 2 aromatic heterocycles. The molecular formula is C15H15N3OS2. The molecule has 4 nitrogen and oxygen atoms in total. The maximum absolute atomic E-state index is 5.34. The number of H-pyrrole nitrogens is 1. The van der Waals surface area contributed by atoms with E-state index in [-0.39, 0.29) is 0 Å². The second-order valence-electron chi connectivity index (χ2n) is 4.69. The van der Waals surface area contributed by atoms with Crippen molar-refractivity contribution in [2.45, 2.75) is 13.0 Å². The molecule has 108 valence electrons. The van der Waals surface area contributed by atoms with Gasteiger partial charge in [0.25, 0.3) is 0 Å². The van der Waals surface area contributed by atoms with Gasteiger partial charge < -0.3 is 4.74 Å². The van der Waals surface area contributed by atoms with E-state index < -0.39 is 0 Å². The van der Waals surface area contributed by atoms with Gasteiger partial charge in [0.05, 0.1) is 13.7 Å². The number of hydrogen-bond acceptors (Lipinski definition) is 4. The molecule has 0 radical (unpaired) electrons. The number of ether oxygens (including phenoxy) is 1. The molecule has 1 N–H and O–H groups in total. The fourth-order valence-electron chi connectivity index (χ4n) is 2.14. The van der Waals surface area contributed by atoms with Crippen molar-refractivity contribution in [3.05, 3.63) is 62.8 Å². The number of methoxy groups -OCH3 is 1. The van der Waals surface area contributed by atoms with E-state index in [0.717, 1.165) is 18.0 Å². The molecule has 1 aromatic carbocycles. The normalized spacial score (nSPS) is 10.7. The van der Waals surface area contributed by atoms with Crippen molar-refractivity contribution in [2.75, 3.05) is 7.11 Å². The molecule has 3 rings (SSSR count). The third kappa shape index (κ3) is 3.22. The predicted molar refractivity (Wildman–Crippen MR) is 86.6 cm³/mol. The third-order valence-corrected chi connectivity index (χ3v) is 4.32. The van der Waals surface area contributed by atoms with Crippen molar-refractivity contribution in [1.82, 2.24) is 14.8 Å². The SMILES string of the molecule is COc1ccc(Cn2c(Cc3ccsc3)n[nH]c2=S)cc1. The Morgan fingerprint density at radius 1 is 1.24 bits per heavy atom. The van der Waals surface area contributed by atoms with Gasteiger partial charge >= 0.3 is 0 Å². The van der Waals surface area contributed by atoms with E-state index in [4.69, 9.17) is 17.0 Å². The summed E-state index contributed by atoms with van der Waals surface area (Å²) in [6.07, 6.45) is 0.785. The van der Waals surface area contributed by atoms with Crippen LogP contribution >= 0.6 is 23.6 Å². The molecule has 21 heavy (non-hydrogen) atoms. The quantitative estimate of drug-likeness (QED) is 0.730. The van der Waals surface area contributed by atoms with Crippen LogP contribution in [0.25, 0.3) is 0 Å². The molecule has 0 aliphatic heterocycles. The average Bonchev–Trinajstić information content (AvgIpc) is 3.13. The van der Waals surface area contributed by atoms with Crippen LogP contribution in [0.1, 0.15) is 17.0 Å². The van der Waals surface area contributed by atoms with E-state index in [9.17, 15) is 0 Å². The highest BCUT2D eigenvalue weighted by molar-refractivity contribution is 7.71. The number of aromatic amines is 1. The molecule has 2 heterocycles. The Morgan fingerprint density at radius 2 is 2.05 bits per heavy atom. The van der Waals surface area contributed by atoms with Crippen molar-refractivity contribution in [3.8, 4) is 5.75 Å². The lowest BCUT2D eigenvalue weighted by Gasteiger charge is -2.07. The van der Waals surface area contributed by atoms with Crippen molar-refractivity contribution in [2.24, 2.45) is 0 Å². The summed E-state index contributed by atoms with van der Waals surface area (Å²) in [6, 6.07) is 10.1. The lowest BCUT2D eigenvalue weighted by Crippen LogP contribution is -2.06. The van der Waals surface area contributed by atoms with Crippen LogP contribution in [-0.2, 0) is 13.0 Å². The minimum absolute atomic E-state index is 0.649. The number of nitrogens with zero attached hydrogens (tertiary/aromatic N) is 2. The van der Waals surface area contributed by atoms with Crippen LogP contribution in [0.4, 0.5) is 0 Å². The standard InChI is InChI=1S/C15H15N3OS2/c1-19-13-4-2-11(3-5-13)9-18-14(16-17-15(18)20)8-12-6-7-21-10-12/h2-7,10H,8-9H2,1H3,(H,17,20). The van der Waals surface area contributed by atoms with Gasteiger partial charge in [-0.25, -0.2) is 0 Å². The molecule has 0 aliphatic carbocycles. The largest absolute Gasteiger partial charge is 0.497 e. The average molecular weight is 317 g/mol. The molecule has 0 bridgehead atoms. The van der Waals surface area contributed by atoms with Crippen molar-refractivity contribution < 1.29 is 4.74 Å². The minimum atomic E-state index is 0.649. The van der Waals surface area contributed by atoms with Crippen LogP contribution in [0.3, 0.4) is 0 Å². The summed E-state index contributed by atoms with van der Waals surface area (Å²) >= 11 is 7.03. The zero-order valence-electron chi connectivity index (χ0n) is 11.6. The van der Waals surface area contributed by atoms with Gasteiger partial charge in [-0.3, -0.25) is 9.67 Å². The van der Waals surface area contributed by atoms with Gasteiger partial charge in [0.15, 0.2) is 4.77 Å². The number of thiophene rings is 1. The Kier molecular flexibility index (Phi) is 4.17. The molecule has 0 unspecified atom stereocenters. The summed E-state index contributed by atoms with van der Waals surface area (Å²) in [5.74, 6) is 1.81.